The predicted molar refractivity (Wildman–Crippen MR) is 101 cm³/mol. The number of nitrogens with one attached hydrogen (secondary N) is 2. The number of halogens is 3. The van der Waals surface area contributed by atoms with Crippen LogP contribution >= 0.6 is 34.8 Å². The van der Waals surface area contributed by atoms with Crippen molar-refractivity contribution in [3.63, 3.8) is 0 Å². The van der Waals surface area contributed by atoms with E-state index in [-0.39, 0.29) is 0 Å². The van der Waals surface area contributed by atoms with Crippen molar-refractivity contribution in [2.75, 3.05) is 19.5 Å². The number of alkyl halides is 3. The van der Waals surface area contributed by atoms with Crippen LogP contribution in [0.25, 0.3) is 0 Å². The molecule has 0 radical (unpaired) electrons. The highest BCUT2D eigenvalue weighted by Gasteiger charge is 2.34. The maximum absolute atomic E-state index is 12.4. The van der Waals surface area contributed by atoms with E-state index >= 15 is 0 Å². The molecule has 5 nitrogen and oxygen atoms in total. The lowest BCUT2D eigenvalue weighted by molar-refractivity contribution is 0.0941. The molecule has 1 unspecified atom stereocenters. The molecule has 134 valence electrons. The van der Waals surface area contributed by atoms with Gasteiger partial charge >= 0.3 is 0 Å². The second kappa shape index (κ2) is 8.52. The van der Waals surface area contributed by atoms with Crippen LogP contribution in [0, 0.1) is 0 Å². The number of methoxy groups -OCH3 is 2. The lowest BCUT2D eigenvalue weighted by atomic mass is 10.2. The summed E-state index contributed by atoms with van der Waals surface area (Å²) in [5.41, 5.74) is 0.984. The molecule has 0 heterocycles. The number of ether oxygens (including phenoxy) is 2. The van der Waals surface area contributed by atoms with Crippen molar-refractivity contribution in [1.82, 2.24) is 5.32 Å². The highest BCUT2D eigenvalue weighted by Crippen LogP contribution is 2.33. The van der Waals surface area contributed by atoms with Crippen LogP contribution in [0.4, 0.5) is 5.69 Å². The van der Waals surface area contributed by atoms with E-state index in [0.29, 0.717) is 22.7 Å². The Balaban J connectivity index is 2.18. The van der Waals surface area contributed by atoms with Gasteiger partial charge in [0.05, 0.1) is 19.9 Å². The molecule has 1 atom stereocenters. The van der Waals surface area contributed by atoms with Gasteiger partial charge in [0.2, 0.25) is 3.79 Å². The molecule has 0 aliphatic heterocycles. The van der Waals surface area contributed by atoms with Crippen LogP contribution in [-0.4, -0.2) is 30.1 Å². The summed E-state index contributed by atoms with van der Waals surface area (Å²) in [6.45, 7) is 0. The number of hydrogen-bond donors (Lipinski definition) is 2. The Labute approximate surface area is 161 Å². The van der Waals surface area contributed by atoms with Crippen LogP contribution < -0.4 is 20.1 Å². The van der Waals surface area contributed by atoms with Crippen molar-refractivity contribution >= 4 is 46.4 Å². The fourth-order valence-electron chi connectivity index (χ4n) is 2.08. The number of carbonyl (C=O) groups excluding carboxylic acids is 1. The average Bonchev–Trinajstić information content (AvgIpc) is 2.60. The van der Waals surface area contributed by atoms with Crippen molar-refractivity contribution in [3.8, 4) is 11.5 Å². The van der Waals surface area contributed by atoms with Gasteiger partial charge in [-0.25, -0.2) is 0 Å². The van der Waals surface area contributed by atoms with Gasteiger partial charge in [-0.1, -0.05) is 46.9 Å². The van der Waals surface area contributed by atoms with Gasteiger partial charge in [-0.2, -0.15) is 0 Å². The van der Waals surface area contributed by atoms with Gasteiger partial charge in [0.1, 0.15) is 17.7 Å². The Hall–Kier alpha value is -1.82. The summed E-state index contributed by atoms with van der Waals surface area (Å²) in [6, 6.07) is 13.7. The fraction of sp³-hybridized carbons (Fsp3) is 0.235. The standard InChI is InChI=1S/C17H17Cl3N2O3/c1-24-12-9-7-11(8-10-12)15(23)22-16(17(18,19)20)21-13-5-3-4-6-14(13)25-2/h3-10,16,21H,1-2H3,(H,22,23). The van der Waals surface area contributed by atoms with Gasteiger partial charge < -0.3 is 20.1 Å². The monoisotopic (exact) mass is 402 g/mol. The maximum atomic E-state index is 12.4. The first-order valence-corrected chi connectivity index (χ1v) is 8.39. The molecule has 8 heteroatoms. The number of amides is 1. The number of carbonyl (C=O) groups is 1. The SMILES string of the molecule is COc1ccc(C(=O)NC(Nc2ccccc2OC)C(Cl)(Cl)Cl)cc1. The molecule has 1 amide bonds. The third kappa shape index (κ3) is 5.33. The van der Waals surface area contributed by atoms with E-state index in [1.807, 2.05) is 6.07 Å². The summed E-state index contributed by atoms with van der Waals surface area (Å²) in [4.78, 5) is 12.4. The molecule has 0 aliphatic carbocycles. The Morgan fingerprint density at radius 1 is 1.00 bits per heavy atom. The van der Waals surface area contributed by atoms with Crippen LogP contribution in [0.15, 0.2) is 48.5 Å². The predicted octanol–water partition coefficient (Wildman–Crippen LogP) is 4.24. The summed E-state index contributed by atoms with van der Waals surface area (Å²) in [6.07, 6.45) is -0.983. The zero-order valence-electron chi connectivity index (χ0n) is 13.6. The van der Waals surface area contributed by atoms with Gasteiger partial charge in [-0.15, -0.1) is 0 Å². The van der Waals surface area contributed by atoms with Crippen LogP contribution in [-0.2, 0) is 0 Å². The van der Waals surface area contributed by atoms with Crippen molar-refractivity contribution in [1.29, 1.82) is 0 Å². The smallest absolute Gasteiger partial charge is 0.252 e. The van der Waals surface area contributed by atoms with E-state index in [9.17, 15) is 4.79 Å². The van der Waals surface area contributed by atoms with Crippen LogP contribution in [0.3, 0.4) is 0 Å². The summed E-state index contributed by atoms with van der Waals surface area (Å²) in [5, 5.41) is 5.65. The summed E-state index contributed by atoms with van der Waals surface area (Å²) >= 11 is 18.0. The second-order valence-corrected chi connectivity index (χ2v) is 7.39. The van der Waals surface area contributed by atoms with Crippen molar-refractivity contribution in [2.24, 2.45) is 0 Å². The molecular formula is C17H17Cl3N2O3. The summed E-state index contributed by atoms with van der Waals surface area (Å²) < 4.78 is 8.53. The molecule has 0 saturated heterocycles. The number of rotatable bonds is 6. The number of anilines is 1. The van der Waals surface area contributed by atoms with Gasteiger partial charge in [-0.3, -0.25) is 4.79 Å². The molecule has 0 aliphatic rings. The van der Waals surface area contributed by atoms with Crippen molar-refractivity contribution in [3.05, 3.63) is 54.1 Å². The molecule has 25 heavy (non-hydrogen) atoms. The van der Waals surface area contributed by atoms with Crippen LogP contribution in [0.5, 0.6) is 11.5 Å². The molecule has 2 aromatic carbocycles. The number of benzene rings is 2. The first kappa shape index (κ1) is 19.5. The third-order valence-electron chi connectivity index (χ3n) is 3.36. The second-order valence-electron chi connectivity index (χ2n) is 5.02. The van der Waals surface area contributed by atoms with E-state index in [0.717, 1.165) is 0 Å². The Morgan fingerprint density at radius 3 is 2.20 bits per heavy atom. The van der Waals surface area contributed by atoms with Gasteiger partial charge in [0, 0.05) is 5.56 Å². The molecule has 2 N–H and O–H groups in total. The number of hydrogen-bond acceptors (Lipinski definition) is 4. The molecular weight excluding hydrogens is 387 g/mol. The first-order valence-electron chi connectivity index (χ1n) is 7.26. The minimum absolute atomic E-state index is 0.402. The molecule has 0 spiro atoms. The summed E-state index contributed by atoms with van der Waals surface area (Å²) in [5.74, 6) is 0.795. The van der Waals surface area contributed by atoms with E-state index in [1.54, 1.807) is 49.6 Å². The van der Waals surface area contributed by atoms with Gasteiger partial charge in [-0.05, 0) is 36.4 Å². The van der Waals surface area contributed by atoms with E-state index in [4.69, 9.17) is 44.3 Å². The molecule has 0 aromatic heterocycles. The molecule has 0 fully saturated rings. The minimum Gasteiger partial charge on any atom is -0.497 e. The Bertz CT molecular complexity index is 718. The van der Waals surface area contributed by atoms with E-state index in [2.05, 4.69) is 10.6 Å². The average molecular weight is 404 g/mol. The lowest BCUT2D eigenvalue weighted by Crippen LogP contribution is -2.49. The van der Waals surface area contributed by atoms with Gasteiger partial charge in [0.15, 0.2) is 0 Å². The molecule has 2 rings (SSSR count). The van der Waals surface area contributed by atoms with Crippen molar-refractivity contribution < 1.29 is 14.3 Å². The van der Waals surface area contributed by atoms with Crippen molar-refractivity contribution in [2.45, 2.75) is 9.96 Å². The Morgan fingerprint density at radius 2 is 1.64 bits per heavy atom. The minimum atomic E-state index is -1.79. The maximum Gasteiger partial charge on any atom is 0.252 e. The zero-order chi connectivity index (χ0) is 18.4. The molecule has 0 saturated carbocycles. The number of para-hydroxylation sites is 2. The quantitative estimate of drug-likeness (QED) is 0.559. The van der Waals surface area contributed by atoms with E-state index in [1.165, 1.54) is 7.11 Å². The highest BCUT2D eigenvalue weighted by molar-refractivity contribution is 6.68. The Kier molecular flexibility index (Phi) is 6.64. The van der Waals surface area contributed by atoms with E-state index < -0.39 is 15.9 Å². The molecule has 2 aromatic rings. The topological polar surface area (TPSA) is 59.6 Å². The largest absolute Gasteiger partial charge is 0.497 e. The van der Waals surface area contributed by atoms with Crippen LogP contribution in [0.1, 0.15) is 10.4 Å². The zero-order valence-corrected chi connectivity index (χ0v) is 15.8. The highest BCUT2D eigenvalue weighted by atomic mass is 35.6. The fourth-order valence-corrected chi connectivity index (χ4v) is 2.40. The molecule has 0 bridgehead atoms. The first-order chi connectivity index (χ1) is 11.8. The third-order valence-corrected chi connectivity index (χ3v) is 4.02. The summed E-state index contributed by atoms with van der Waals surface area (Å²) in [7, 11) is 3.08. The lowest BCUT2D eigenvalue weighted by Gasteiger charge is -2.28. The van der Waals surface area contributed by atoms with Gasteiger partial charge in [0.25, 0.3) is 5.91 Å². The normalized spacial score (nSPS) is 12.2. The van der Waals surface area contributed by atoms with Crippen LogP contribution in [0.2, 0.25) is 0 Å².